The maximum atomic E-state index is 13.9. The van der Waals surface area contributed by atoms with Gasteiger partial charge in [-0.2, -0.15) is 0 Å². The fourth-order valence-corrected chi connectivity index (χ4v) is 2.73. The van der Waals surface area contributed by atoms with Crippen LogP contribution in [0.15, 0.2) is 36.4 Å². The Kier molecular flexibility index (Phi) is 2.26. The molecule has 0 aliphatic heterocycles. The molecule has 1 aliphatic carbocycles. The molecule has 1 aliphatic rings. The van der Waals surface area contributed by atoms with Crippen LogP contribution in [0.2, 0.25) is 0 Å². The zero-order chi connectivity index (χ0) is 12.0. The van der Waals surface area contributed by atoms with E-state index in [0.717, 1.165) is 22.3 Å². The highest BCUT2D eigenvalue weighted by Gasteiger charge is 2.29. The number of fused-ring (bicyclic) bond motifs is 3. The highest BCUT2D eigenvalue weighted by molar-refractivity contribution is 5.79. The van der Waals surface area contributed by atoms with Crippen molar-refractivity contribution in [2.24, 2.45) is 5.73 Å². The average molecular weight is 227 g/mol. The molecule has 2 aromatic carbocycles. The van der Waals surface area contributed by atoms with Crippen LogP contribution in [0, 0.1) is 12.7 Å². The van der Waals surface area contributed by atoms with Crippen LogP contribution in [-0.4, -0.2) is 6.54 Å². The van der Waals surface area contributed by atoms with E-state index >= 15 is 0 Å². The molecule has 0 heterocycles. The molecule has 0 saturated carbocycles. The van der Waals surface area contributed by atoms with E-state index in [1.54, 1.807) is 6.07 Å². The summed E-state index contributed by atoms with van der Waals surface area (Å²) in [6, 6.07) is 11.4. The summed E-state index contributed by atoms with van der Waals surface area (Å²) in [5, 5.41) is 0. The molecule has 2 heteroatoms. The normalized spacial score (nSPS) is 16.8. The first-order valence-electron chi connectivity index (χ1n) is 5.81. The van der Waals surface area contributed by atoms with Crippen LogP contribution in [0.25, 0.3) is 11.1 Å². The number of rotatable bonds is 1. The lowest BCUT2D eigenvalue weighted by atomic mass is 9.96. The molecule has 17 heavy (non-hydrogen) atoms. The summed E-state index contributed by atoms with van der Waals surface area (Å²) in [5.74, 6) is -0.0147. The van der Waals surface area contributed by atoms with E-state index in [-0.39, 0.29) is 11.7 Å². The van der Waals surface area contributed by atoms with Gasteiger partial charge in [-0.15, -0.1) is 0 Å². The summed E-state index contributed by atoms with van der Waals surface area (Å²) < 4.78 is 13.9. The lowest BCUT2D eigenvalue weighted by Crippen LogP contribution is -2.11. The minimum absolute atomic E-state index is 0.135. The molecule has 2 aromatic rings. The smallest absolute Gasteiger partial charge is 0.131 e. The van der Waals surface area contributed by atoms with Crippen LogP contribution in [0.5, 0.6) is 0 Å². The highest BCUT2D eigenvalue weighted by atomic mass is 19.1. The van der Waals surface area contributed by atoms with Crippen molar-refractivity contribution in [2.45, 2.75) is 12.8 Å². The van der Waals surface area contributed by atoms with Gasteiger partial charge in [0, 0.05) is 18.0 Å². The van der Waals surface area contributed by atoms with Gasteiger partial charge in [-0.25, -0.2) is 4.39 Å². The van der Waals surface area contributed by atoms with Crippen molar-refractivity contribution < 1.29 is 4.39 Å². The van der Waals surface area contributed by atoms with E-state index < -0.39 is 0 Å². The largest absolute Gasteiger partial charge is 0.330 e. The quantitative estimate of drug-likeness (QED) is 0.795. The number of halogens is 1. The van der Waals surface area contributed by atoms with E-state index in [0.29, 0.717) is 6.54 Å². The summed E-state index contributed by atoms with van der Waals surface area (Å²) in [5.41, 5.74) is 10.9. The molecule has 1 nitrogen and oxygen atoms in total. The van der Waals surface area contributed by atoms with Crippen LogP contribution in [-0.2, 0) is 0 Å². The molecule has 0 fully saturated rings. The SMILES string of the molecule is Cc1ccc2c(c1)C(CN)c1cccc(F)c1-2. The molecule has 2 N–H and O–H groups in total. The topological polar surface area (TPSA) is 26.0 Å². The standard InChI is InChI=1S/C15H14FN/c1-9-5-6-11-12(7-9)13(8-17)10-3-2-4-14(16)15(10)11/h2-7,13H,8,17H2,1H3. The zero-order valence-corrected chi connectivity index (χ0v) is 9.70. The van der Waals surface area contributed by atoms with Gasteiger partial charge in [-0.1, -0.05) is 35.9 Å². The van der Waals surface area contributed by atoms with E-state index in [4.69, 9.17) is 5.73 Å². The molecule has 0 aromatic heterocycles. The second-order valence-corrected chi connectivity index (χ2v) is 4.58. The predicted molar refractivity (Wildman–Crippen MR) is 67.5 cm³/mol. The maximum absolute atomic E-state index is 13.9. The molecule has 1 unspecified atom stereocenters. The third-order valence-corrected chi connectivity index (χ3v) is 3.51. The Morgan fingerprint density at radius 3 is 2.76 bits per heavy atom. The Balaban J connectivity index is 2.34. The second kappa shape index (κ2) is 3.67. The lowest BCUT2D eigenvalue weighted by molar-refractivity contribution is 0.630. The Hall–Kier alpha value is -1.67. The number of hydrogen-bond donors (Lipinski definition) is 1. The number of hydrogen-bond acceptors (Lipinski definition) is 1. The first kappa shape index (κ1) is 10.5. The van der Waals surface area contributed by atoms with Gasteiger partial charge in [0.15, 0.2) is 0 Å². The van der Waals surface area contributed by atoms with E-state index in [2.05, 4.69) is 6.07 Å². The third-order valence-electron chi connectivity index (χ3n) is 3.51. The zero-order valence-electron chi connectivity index (χ0n) is 9.70. The molecule has 0 bridgehead atoms. The molecule has 0 spiro atoms. The van der Waals surface area contributed by atoms with Crippen molar-refractivity contribution in [3.8, 4) is 11.1 Å². The highest BCUT2D eigenvalue weighted by Crippen LogP contribution is 2.45. The Labute approximate surface area is 100 Å². The van der Waals surface area contributed by atoms with Crippen LogP contribution >= 0.6 is 0 Å². The van der Waals surface area contributed by atoms with Gasteiger partial charge >= 0.3 is 0 Å². The minimum atomic E-state index is -0.149. The van der Waals surface area contributed by atoms with Crippen LogP contribution in [0.3, 0.4) is 0 Å². The van der Waals surface area contributed by atoms with Crippen molar-refractivity contribution in [1.29, 1.82) is 0 Å². The first-order valence-corrected chi connectivity index (χ1v) is 5.81. The fraction of sp³-hybridized carbons (Fsp3) is 0.200. The molecule has 1 atom stereocenters. The summed E-state index contributed by atoms with van der Waals surface area (Å²) in [6.45, 7) is 2.57. The van der Waals surface area contributed by atoms with Gasteiger partial charge in [0.2, 0.25) is 0 Å². The molecule has 86 valence electrons. The van der Waals surface area contributed by atoms with E-state index in [1.165, 1.54) is 11.6 Å². The molecule has 0 saturated heterocycles. The van der Waals surface area contributed by atoms with Gasteiger partial charge in [-0.05, 0) is 29.7 Å². The van der Waals surface area contributed by atoms with Crippen molar-refractivity contribution in [3.05, 3.63) is 58.9 Å². The number of nitrogens with two attached hydrogens (primary N) is 1. The second-order valence-electron chi connectivity index (χ2n) is 4.58. The monoisotopic (exact) mass is 227 g/mol. The molecule has 0 radical (unpaired) electrons. The van der Waals surface area contributed by atoms with Crippen LogP contribution in [0.4, 0.5) is 4.39 Å². The van der Waals surface area contributed by atoms with Gasteiger partial charge in [0.25, 0.3) is 0 Å². The molecule has 3 rings (SSSR count). The summed E-state index contributed by atoms with van der Waals surface area (Å²) >= 11 is 0. The van der Waals surface area contributed by atoms with Crippen molar-refractivity contribution in [1.82, 2.24) is 0 Å². The van der Waals surface area contributed by atoms with Crippen molar-refractivity contribution in [2.75, 3.05) is 6.54 Å². The Morgan fingerprint density at radius 1 is 1.18 bits per heavy atom. The van der Waals surface area contributed by atoms with Crippen LogP contribution < -0.4 is 5.73 Å². The average Bonchev–Trinajstić information content (AvgIpc) is 2.63. The Bertz CT molecular complexity index is 589. The minimum Gasteiger partial charge on any atom is -0.330 e. The first-order chi connectivity index (χ1) is 8.22. The van der Waals surface area contributed by atoms with E-state index in [1.807, 2.05) is 25.1 Å². The van der Waals surface area contributed by atoms with Gasteiger partial charge in [0.05, 0.1) is 0 Å². The lowest BCUT2D eigenvalue weighted by Gasteiger charge is -2.10. The maximum Gasteiger partial charge on any atom is 0.131 e. The third kappa shape index (κ3) is 1.41. The van der Waals surface area contributed by atoms with Crippen molar-refractivity contribution in [3.63, 3.8) is 0 Å². The number of benzene rings is 2. The summed E-state index contributed by atoms with van der Waals surface area (Å²) in [4.78, 5) is 0. The van der Waals surface area contributed by atoms with Crippen LogP contribution in [0.1, 0.15) is 22.6 Å². The van der Waals surface area contributed by atoms with E-state index in [9.17, 15) is 4.39 Å². The summed E-state index contributed by atoms with van der Waals surface area (Å²) in [7, 11) is 0. The fourth-order valence-electron chi connectivity index (χ4n) is 2.73. The van der Waals surface area contributed by atoms with Gasteiger partial charge < -0.3 is 5.73 Å². The predicted octanol–water partition coefficient (Wildman–Crippen LogP) is 3.21. The molecular formula is C15H14FN. The molecular weight excluding hydrogens is 213 g/mol. The van der Waals surface area contributed by atoms with Gasteiger partial charge in [-0.3, -0.25) is 0 Å². The van der Waals surface area contributed by atoms with Crippen molar-refractivity contribution >= 4 is 0 Å². The Morgan fingerprint density at radius 2 is 2.00 bits per heavy atom. The summed E-state index contributed by atoms with van der Waals surface area (Å²) in [6.07, 6.45) is 0. The van der Waals surface area contributed by atoms with Gasteiger partial charge in [0.1, 0.15) is 5.82 Å². The number of aryl methyl sites for hydroxylation is 1. The molecule has 0 amide bonds.